The highest BCUT2D eigenvalue weighted by Gasteiger charge is 2.59. The molecule has 4 aliphatic carbocycles. The van der Waals surface area contributed by atoms with Gasteiger partial charge in [-0.25, -0.2) is 0 Å². The van der Waals surface area contributed by atoms with Gasteiger partial charge >= 0.3 is 0 Å². The van der Waals surface area contributed by atoms with Gasteiger partial charge < -0.3 is 5.32 Å². The number of rotatable bonds is 4. The average Bonchev–Trinajstić information content (AvgIpc) is 2.99. The Balaban J connectivity index is 1.38. The van der Waals surface area contributed by atoms with Crippen LogP contribution in [-0.2, 0) is 10.3 Å². The van der Waals surface area contributed by atoms with Crippen LogP contribution < -0.4 is 5.32 Å². The fourth-order valence-corrected chi connectivity index (χ4v) is 6.92. The van der Waals surface area contributed by atoms with E-state index in [0.717, 1.165) is 30.8 Å². The van der Waals surface area contributed by atoms with Crippen LogP contribution in [0.2, 0.25) is 0 Å². The van der Waals surface area contributed by atoms with Crippen LogP contribution in [0.3, 0.4) is 0 Å². The summed E-state index contributed by atoms with van der Waals surface area (Å²) >= 11 is 0. The van der Waals surface area contributed by atoms with Crippen molar-refractivity contribution in [3.8, 4) is 0 Å². The Kier molecular flexibility index (Phi) is 3.90. The third kappa shape index (κ3) is 3.03. The summed E-state index contributed by atoms with van der Waals surface area (Å²) in [5.41, 5.74) is 3.31. The summed E-state index contributed by atoms with van der Waals surface area (Å²) in [4.78, 5) is 14.9. The van der Waals surface area contributed by atoms with Crippen molar-refractivity contribution < 1.29 is 4.79 Å². The standard InChI is InChI=1S/C22H29N5O/c1-14-4-15(2)6-19(5-14)23-20(28)12-21-8-17-7-18(9-21)11-22(10-17,13-21)27-25-16(3)24-26-27/h4-6,17-18H,7-13H2,1-3H3,(H,23,28)/t17-,18+,21?,22?. The van der Waals surface area contributed by atoms with Crippen LogP contribution in [0.15, 0.2) is 18.2 Å². The lowest BCUT2D eigenvalue weighted by atomic mass is 9.46. The molecular weight excluding hydrogens is 350 g/mol. The quantitative estimate of drug-likeness (QED) is 0.874. The Bertz CT molecular complexity index is 899. The second-order valence-electron chi connectivity index (χ2n) is 9.91. The molecule has 2 unspecified atom stereocenters. The summed E-state index contributed by atoms with van der Waals surface area (Å²) in [7, 11) is 0. The fourth-order valence-electron chi connectivity index (χ4n) is 6.92. The van der Waals surface area contributed by atoms with Crippen molar-refractivity contribution in [2.45, 2.75) is 71.3 Å². The predicted molar refractivity (Wildman–Crippen MR) is 107 cm³/mol. The van der Waals surface area contributed by atoms with E-state index in [1.54, 1.807) is 0 Å². The molecule has 6 rings (SSSR count). The van der Waals surface area contributed by atoms with Crippen LogP contribution in [0.5, 0.6) is 0 Å². The second kappa shape index (κ2) is 6.13. The number of hydrogen-bond donors (Lipinski definition) is 1. The Labute approximate surface area is 166 Å². The minimum atomic E-state index is -0.0362. The first-order chi connectivity index (χ1) is 13.3. The molecule has 2 aromatic rings. The highest BCUT2D eigenvalue weighted by atomic mass is 16.1. The van der Waals surface area contributed by atoms with E-state index in [4.69, 9.17) is 0 Å². The number of aryl methyl sites for hydroxylation is 3. The van der Waals surface area contributed by atoms with Gasteiger partial charge in [0.2, 0.25) is 5.91 Å². The van der Waals surface area contributed by atoms with Crippen LogP contribution in [0.1, 0.15) is 61.9 Å². The first kappa shape index (κ1) is 17.8. The minimum absolute atomic E-state index is 0.0362. The molecule has 1 heterocycles. The number of nitrogens with one attached hydrogen (secondary N) is 1. The van der Waals surface area contributed by atoms with Crippen LogP contribution in [0.4, 0.5) is 5.69 Å². The van der Waals surface area contributed by atoms with E-state index < -0.39 is 0 Å². The first-order valence-electron chi connectivity index (χ1n) is 10.5. The minimum Gasteiger partial charge on any atom is -0.326 e. The Morgan fingerprint density at radius 3 is 2.39 bits per heavy atom. The molecule has 28 heavy (non-hydrogen) atoms. The van der Waals surface area contributed by atoms with Crippen molar-refractivity contribution in [3.63, 3.8) is 0 Å². The molecule has 4 atom stereocenters. The summed E-state index contributed by atoms with van der Waals surface area (Å²) in [5, 5.41) is 16.3. The van der Waals surface area contributed by atoms with Crippen LogP contribution in [-0.4, -0.2) is 26.1 Å². The van der Waals surface area contributed by atoms with E-state index in [1.807, 2.05) is 23.9 Å². The largest absolute Gasteiger partial charge is 0.326 e. The lowest BCUT2D eigenvalue weighted by molar-refractivity contribution is -0.135. The van der Waals surface area contributed by atoms with Crippen LogP contribution in [0, 0.1) is 38.0 Å². The van der Waals surface area contributed by atoms with Gasteiger partial charge in [0.1, 0.15) is 0 Å². The summed E-state index contributed by atoms with van der Waals surface area (Å²) < 4.78 is 0. The average molecular weight is 380 g/mol. The van der Waals surface area contributed by atoms with Crippen LogP contribution >= 0.6 is 0 Å². The number of tetrazole rings is 1. The summed E-state index contributed by atoms with van der Waals surface area (Å²) in [6.07, 6.45) is 7.51. The maximum absolute atomic E-state index is 13.0. The molecule has 6 nitrogen and oxygen atoms in total. The van der Waals surface area contributed by atoms with Gasteiger partial charge in [0.15, 0.2) is 5.82 Å². The first-order valence-corrected chi connectivity index (χ1v) is 10.5. The van der Waals surface area contributed by atoms with Crippen molar-refractivity contribution in [1.29, 1.82) is 0 Å². The number of carbonyl (C=O) groups excluding carboxylic acids is 1. The van der Waals surface area contributed by atoms with E-state index in [9.17, 15) is 4.79 Å². The van der Waals surface area contributed by atoms with Crippen molar-refractivity contribution in [1.82, 2.24) is 20.2 Å². The topological polar surface area (TPSA) is 72.7 Å². The van der Waals surface area contributed by atoms with Gasteiger partial charge in [0, 0.05) is 12.1 Å². The second-order valence-corrected chi connectivity index (χ2v) is 9.91. The number of amides is 1. The summed E-state index contributed by atoms with van der Waals surface area (Å²) in [6.45, 7) is 6.04. The van der Waals surface area contributed by atoms with Gasteiger partial charge in [-0.15, -0.1) is 10.2 Å². The smallest absolute Gasteiger partial charge is 0.224 e. The van der Waals surface area contributed by atoms with E-state index >= 15 is 0 Å². The number of hydrogen-bond acceptors (Lipinski definition) is 4. The molecule has 0 spiro atoms. The molecule has 148 valence electrons. The number of anilines is 1. The zero-order chi connectivity index (χ0) is 19.5. The molecule has 1 amide bonds. The number of benzene rings is 1. The zero-order valence-electron chi connectivity index (χ0n) is 17.0. The molecule has 0 saturated heterocycles. The van der Waals surface area contributed by atoms with E-state index in [-0.39, 0.29) is 16.9 Å². The molecule has 1 aromatic heterocycles. The molecular formula is C22H29N5O. The molecule has 6 heteroatoms. The maximum Gasteiger partial charge on any atom is 0.224 e. The van der Waals surface area contributed by atoms with Crippen molar-refractivity contribution >= 4 is 11.6 Å². The maximum atomic E-state index is 13.0. The molecule has 0 radical (unpaired) electrons. The Morgan fingerprint density at radius 1 is 1.11 bits per heavy atom. The highest BCUT2D eigenvalue weighted by Crippen LogP contribution is 2.65. The van der Waals surface area contributed by atoms with E-state index in [0.29, 0.717) is 18.3 Å². The normalized spacial score (nSPS) is 33.2. The van der Waals surface area contributed by atoms with Gasteiger partial charge in [-0.05, 0) is 105 Å². The monoisotopic (exact) mass is 379 g/mol. The Morgan fingerprint density at radius 2 is 1.79 bits per heavy atom. The zero-order valence-corrected chi connectivity index (χ0v) is 17.0. The van der Waals surface area contributed by atoms with Crippen molar-refractivity contribution in [3.05, 3.63) is 35.2 Å². The van der Waals surface area contributed by atoms with Gasteiger partial charge in [-0.3, -0.25) is 4.79 Å². The SMILES string of the molecule is Cc1cc(C)cc(NC(=O)CC23C[C@H]4C[C@@H](C2)CC(n2nnc(C)n2)(C4)C3)c1. The third-order valence-electron chi connectivity index (χ3n) is 7.13. The molecule has 0 aliphatic heterocycles. The molecule has 4 fully saturated rings. The van der Waals surface area contributed by atoms with Gasteiger partial charge in [-0.1, -0.05) is 6.07 Å². The molecule has 4 aliphatic rings. The van der Waals surface area contributed by atoms with Gasteiger partial charge in [0.25, 0.3) is 0 Å². The lowest BCUT2D eigenvalue weighted by Crippen LogP contribution is -2.57. The van der Waals surface area contributed by atoms with Crippen LogP contribution in [0.25, 0.3) is 0 Å². The fraction of sp³-hybridized carbons (Fsp3) is 0.636. The lowest BCUT2D eigenvalue weighted by Gasteiger charge is -2.61. The van der Waals surface area contributed by atoms with Crippen molar-refractivity contribution in [2.24, 2.45) is 17.3 Å². The summed E-state index contributed by atoms with van der Waals surface area (Å²) in [6, 6.07) is 6.23. The summed E-state index contributed by atoms with van der Waals surface area (Å²) in [5.74, 6) is 2.24. The number of aromatic nitrogens is 4. The van der Waals surface area contributed by atoms with Crippen molar-refractivity contribution in [2.75, 3.05) is 5.32 Å². The van der Waals surface area contributed by atoms with E-state index in [1.165, 1.54) is 30.4 Å². The Hall–Kier alpha value is -2.24. The predicted octanol–water partition coefficient (Wildman–Crippen LogP) is 3.92. The van der Waals surface area contributed by atoms with E-state index in [2.05, 4.69) is 40.6 Å². The number of nitrogens with zero attached hydrogens (tertiary/aromatic N) is 4. The molecule has 4 saturated carbocycles. The highest BCUT2D eigenvalue weighted by molar-refractivity contribution is 5.91. The molecule has 1 N–H and O–H groups in total. The number of carbonyl (C=O) groups is 1. The molecule has 1 aromatic carbocycles. The third-order valence-corrected chi connectivity index (χ3v) is 7.13. The van der Waals surface area contributed by atoms with Gasteiger partial charge in [0.05, 0.1) is 5.54 Å². The van der Waals surface area contributed by atoms with Gasteiger partial charge in [-0.2, -0.15) is 4.80 Å². The molecule has 4 bridgehead atoms.